The van der Waals surface area contributed by atoms with Crippen LogP contribution in [0.4, 0.5) is 0 Å². The molecule has 1 fully saturated rings. The van der Waals surface area contributed by atoms with Crippen molar-refractivity contribution >= 4 is 33.5 Å². The Morgan fingerprint density at radius 1 is 1.15 bits per heavy atom. The number of benzene rings is 1. The van der Waals surface area contributed by atoms with E-state index in [0.717, 1.165) is 72.5 Å². The molecule has 26 heavy (non-hydrogen) atoms. The lowest BCUT2D eigenvalue weighted by Crippen LogP contribution is -2.34. The maximum Gasteiger partial charge on any atom is 0.254 e. The number of rotatable bonds is 2. The number of amides is 1. The van der Waals surface area contributed by atoms with Gasteiger partial charge in [-0.1, -0.05) is 17.7 Å². The van der Waals surface area contributed by atoms with Crippen molar-refractivity contribution in [2.24, 2.45) is 0 Å². The molecule has 0 spiro atoms. The molecule has 1 amide bonds. The molecule has 0 radical (unpaired) electrons. The Labute approximate surface area is 159 Å². The molecule has 1 aromatic carbocycles. The molecule has 4 rings (SSSR count). The number of likely N-dealkylation sites (N-methyl/N-ethyl adjacent to an activating group) is 1. The summed E-state index contributed by atoms with van der Waals surface area (Å²) in [5.41, 5.74) is 3.81. The Morgan fingerprint density at radius 3 is 2.85 bits per heavy atom. The highest BCUT2D eigenvalue weighted by Crippen LogP contribution is 2.35. The number of aromatic nitrogens is 1. The molecule has 1 aromatic heterocycles. The van der Waals surface area contributed by atoms with E-state index in [-0.39, 0.29) is 5.91 Å². The summed E-state index contributed by atoms with van der Waals surface area (Å²) < 4.78 is 0. The van der Waals surface area contributed by atoms with Gasteiger partial charge >= 0.3 is 0 Å². The van der Waals surface area contributed by atoms with Crippen LogP contribution < -0.4 is 0 Å². The predicted molar refractivity (Wildman–Crippen MR) is 110 cm³/mol. The topological polar surface area (TPSA) is 36.4 Å². The number of thioether (sulfide) groups is 1. The summed E-state index contributed by atoms with van der Waals surface area (Å²) in [7, 11) is 2.13. The normalized spacial score (nSPS) is 18.8. The third-order valence-corrected chi connectivity index (χ3v) is 6.29. The lowest BCUT2D eigenvalue weighted by Gasteiger charge is -2.22. The first-order chi connectivity index (χ1) is 12.6. The van der Waals surface area contributed by atoms with E-state index in [4.69, 9.17) is 4.98 Å². The zero-order valence-corrected chi connectivity index (χ0v) is 16.3. The zero-order valence-electron chi connectivity index (χ0n) is 15.5. The number of pyridine rings is 1. The SMILES string of the molecule is Cc1ccc2nc(C3=CCCS3)cc(C(=O)N3CCCN(C)CC3)c2c1. The summed E-state index contributed by atoms with van der Waals surface area (Å²) in [5.74, 6) is 1.24. The van der Waals surface area contributed by atoms with E-state index in [9.17, 15) is 4.79 Å². The van der Waals surface area contributed by atoms with Gasteiger partial charge in [0.25, 0.3) is 5.91 Å². The van der Waals surface area contributed by atoms with Crippen LogP contribution in [0, 0.1) is 6.92 Å². The Morgan fingerprint density at radius 2 is 2.04 bits per heavy atom. The molecule has 4 nitrogen and oxygen atoms in total. The number of carbonyl (C=O) groups excluding carboxylic acids is 1. The van der Waals surface area contributed by atoms with Gasteiger partial charge in [-0.2, -0.15) is 0 Å². The largest absolute Gasteiger partial charge is 0.337 e. The standard InChI is InChI=1S/C21H25N3OS/c1-15-6-7-18-16(13-15)17(14-19(22-18)20-5-3-12-26-20)21(25)24-9-4-8-23(2)10-11-24/h5-7,13-14H,3-4,8-12H2,1-2H3. The molecule has 2 aliphatic heterocycles. The maximum absolute atomic E-state index is 13.4. The smallest absolute Gasteiger partial charge is 0.254 e. The van der Waals surface area contributed by atoms with Gasteiger partial charge in [0.2, 0.25) is 0 Å². The highest BCUT2D eigenvalue weighted by Gasteiger charge is 2.23. The van der Waals surface area contributed by atoms with E-state index in [1.54, 1.807) is 0 Å². The van der Waals surface area contributed by atoms with Crippen LogP contribution >= 0.6 is 11.8 Å². The van der Waals surface area contributed by atoms with Crippen molar-refractivity contribution in [2.75, 3.05) is 39.0 Å². The van der Waals surface area contributed by atoms with Crippen LogP contribution in [-0.4, -0.2) is 59.7 Å². The Hall–Kier alpha value is -1.85. The molecule has 5 heteroatoms. The third-order valence-electron chi connectivity index (χ3n) is 5.16. The van der Waals surface area contributed by atoms with Crippen molar-refractivity contribution in [1.82, 2.24) is 14.8 Å². The van der Waals surface area contributed by atoms with E-state index >= 15 is 0 Å². The van der Waals surface area contributed by atoms with Crippen molar-refractivity contribution in [3.63, 3.8) is 0 Å². The highest BCUT2D eigenvalue weighted by atomic mass is 32.2. The molecule has 1 saturated heterocycles. The molecule has 0 unspecified atom stereocenters. The van der Waals surface area contributed by atoms with Gasteiger partial charge in [-0.25, -0.2) is 4.98 Å². The molecule has 136 valence electrons. The summed E-state index contributed by atoms with van der Waals surface area (Å²) in [6.07, 6.45) is 4.34. The van der Waals surface area contributed by atoms with Gasteiger partial charge in [-0.05, 0) is 51.6 Å². The number of carbonyl (C=O) groups is 1. The Bertz CT molecular complexity index is 877. The molecular formula is C21H25N3OS. The second-order valence-corrected chi connectivity index (χ2v) is 8.37. The summed E-state index contributed by atoms with van der Waals surface area (Å²) in [5, 5.41) is 0.972. The van der Waals surface area contributed by atoms with Crippen molar-refractivity contribution in [3.8, 4) is 0 Å². The van der Waals surface area contributed by atoms with Gasteiger partial charge in [0.15, 0.2) is 0 Å². The molecule has 2 aromatic rings. The minimum absolute atomic E-state index is 0.142. The van der Waals surface area contributed by atoms with E-state index in [0.29, 0.717) is 0 Å². The fourth-order valence-electron chi connectivity index (χ4n) is 3.66. The fraction of sp³-hybridized carbons (Fsp3) is 0.429. The van der Waals surface area contributed by atoms with Crippen molar-refractivity contribution in [2.45, 2.75) is 19.8 Å². The van der Waals surface area contributed by atoms with Gasteiger partial charge in [-0.3, -0.25) is 4.79 Å². The summed E-state index contributed by atoms with van der Waals surface area (Å²) in [4.78, 5) is 23.8. The van der Waals surface area contributed by atoms with Gasteiger partial charge < -0.3 is 9.80 Å². The average Bonchev–Trinajstić information content (AvgIpc) is 3.09. The van der Waals surface area contributed by atoms with Crippen LogP contribution in [0.3, 0.4) is 0 Å². The number of hydrogen-bond acceptors (Lipinski definition) is 4. The first-order valence-electron chi connectivity index (χ1n) is 9.34. The number of hydrogen-bond donors (Lipinski definition) is 0. The maximum atomic E-state index is 13.4. The van der Waals surface area contributed by atoms with Crippen LogP contribution in [0.15, 0.2) is 30.3 Å². The minimum atomic E-state index is 0.142. The van der Waals surface area contributed by atoms with E-state index in [2.05, 4.69) is 37.1 Å². The molecule has 2 aliphatic rings. The van der Waals surface area contributed by atoms with Crippen LogP contribution in [0.25, 0.3) is 15.8 Å². The average molecular weight is 368 g/mol. The number of allylic oxidation sites excluding steroid dienone is 1. The molecule has 0 atom stereocenters. The van der Waals surface area contributed by atoms with Crippen LogP contribution in [0.1, 0.15) is 34.5 Å². The van der Waals surface area contributed by atoms with E-state index in [1.807, 2.05) is 28.8 Å². The Balaban J connectivity index is 1.78. The monoisotopic (exact) mass is 367 g/mol. The van der Waals surface area contributed by atoms with Crippen molar-refractivity contribution in [1.29, 1.82) is 0 Å². The van der Waals surface area contributed by atoms with Crippen molar-refractivity contribution in [3.05, 3.63) is 47.2 Å². The van der Waals surface area contributed by atoms with E-state index in [1.165, 1.54) is 4.91 Å². The lowest BCUT2D eigenvalue weighted by atomic mass is 10.0. The molecule has 0 aliphatic carbocycles. The lowest BCUT2D eigenvalue weighted by molar-refractivity contribution is 0.0764. The van der Waals surface area contributed by atoms with Crippen LogP contribution in [-0.2, 0) is 0 Å². The predicted octanol–water partition coefficient (Wildman–Crippen LogP) is 3.80. The number of nitrogens with zero attached hydrogens (tertiary/aromatic N) is 3. The van der Waals surface area contributed by atoms with Gasteiger partial charge in [0.05, 0.1) is 16.8 Å². The third kappa shape index (κ3) is 3.51. The first kappa shape index (κ1) is 17.6. The van der Waals surface area contributed by atoms with Crippen LogP contribution in [0.2, 0.25) is 0 Å². The fourth-order valence-corrected chi connectivity index (χ4v) is 4.60. The van der Waals surface area contributed by atoms with Crippen molar-refractivity contribution < 1.29 is 4.79 Å². The highest BCUT2D eigenvalue weighted by molar-refractivity contribution is 8.08. The second-order valence-electron chi connectivity index (χ2n) is 7.23. The van der Waals surface area contributed by atoms with Gasteiger partial charge in [0, 0.05) is 35.7 Å². The van der Waals surface area contributed by atoms with Gasteiger partial charge in [-0.15, -0.1) is 11.8 Å². The minimum Gasteiger partial charge on any atom is -0.337 e. The Kier molecular flexibility index (Phi) is 5.00. The molecule has 3 heterocycles. The molecular weight excluding hydrogens is 342 g/mol. The molecule has 0 N–H and O–H groups in total. The second kappa shape index (κ2) is 7.41. The quantitative estimate of drug-likeness (QED) is 0.809. The summed E-state index contributed by atoms with van der Waals surface area (Å²) in [6, 6.07) is 8.23. The van der Waals surface area contributed by atoms with E-state index < -0.39 is 0 Å². The molecule has 0 bridgehead atoms. The summed E-state index contributed by atoms with van der Waals surface area (Å²) >= 11 is 1.83. The van der Waals surface area contributed by atoms with Crippen LogP contribution in [0.5, 0.6) is 0 Å². The molecule has 0 saturated carbocycles. The number of aryl methyl sites for hydroxylation is 1. The van der Waals surface area contributed by atoms with Gasteiger partial charge in [0.1, 0.15) is 0 Å². The zero-order chi connectivity index (χ0) is 18.1. The first-order valence-corrected chi connectivity index (χ1v) is 10.3. The summed E-state index contributed by atoms with van der Waals surface area (Å²) in [6.45, 7) is 5.66. The number of fused-ring (bicyclic) bond motifs is 1.